The molecule has 0 aromatic carbocycles. The van der Waals surface area contributed by atoms with E-state index in [0.29, 0.717) is 12.1 Å². The van der Waals surface area contributed by atoms with Crippen molar-refractivity contribution < 1.29 is 14.2 Å². The zero-order chi connectivity index (χ0) is 14.8. The van der Waals surface area contributed by atoms with Crippen LogP contribution in [-0.4, -0.2) is 49.7 Å². The highest BCUT2D eigenvalue weighted by Gasteiger charge is 2.42. The lowest BCUT2D eigenvalue weighted by molar-refractivity contribution is -0.107. The van der Waals surface area contributed by atoms with E-state index < -0.39 is 0 Å². The average molecular weight is 297 g/mol. The van der Waals surface area contributed by atoms with Crippen LogP contribution in [0, 0.1) is 0 Å². The number of hydrogen-bond donors (Lipinski definition) is 1. The Morgan fingerprint density at radius 3 is 2.33 bits per heavy atom. The third-order valence-electron chi connectivity index (χ3n) is 5.81. The lowest BCUT2D eigenvalue weighted by atomic mass is 9.84. The van der Waals surface area contributed by atoms with Crippen molar-refractivity contribution >= 4 is 0 Å². The van der Waals surface area contributed by atoms with Crippen molar-refractivity contribution in [3.05, 3.63) is 0 Å². The monoisotopic (exact) mass is 297 g/mol. The predicted molar refractivity (Wildman–Crippen MR) is 82.6 cm³/mol. The Hall–Kier alpha value is -0.160. The number of ether oxygens (including phenoxy) is 3. The summed E-state index contributed by atoms with van der Waals surface area (Å²) in [7, 11) is 0. The van der Waals surface area contributed by atoms with Gasteiger partial charge >= 0.3 is 0 Å². The second kappa shape index (κ2) is 6.53. The molecular weight excluding hydrogens is 266 g/mol. The van der Waals surface area contributed by atoms with E-state index in [0.717, 1.165) is 71.4 Å². The van der Waals surface area contributed by atoms with Crippen molar-refractivity contribution in [2.75, 3.05) is 26.4 Å². The molecule has 3 aliphatic rings. The molecule has 3 rings (SSSR count). The van der Waals surface area contributed by atoms with E-state index in [1.807, 2.05) is 0 Å². The van der Waals surface area contributed by atoms with E-state index in [1.54, 1.807) is 0 Å². The first-order chi connectivity index (χ1) is 10.2. The second-order valence-electron chi connectivity index (χ2n) is 7.12. The summed E-state index contributed by atoms with van der Waals surface area (Å²) >= 11 is 0. The lowest BCUT2D eigenvalue weighted by Crippen LogP contribution is -2.53. The topological polar surface area (TPSA) is 39.7 Å². The Morgan fingerprint density at radius 2 is 1.67 bits per heavy atom. The maximum absolute atomic E-state index is 6.09. The highest BCUT2D eigenvalue weighted by Crippen LogP contribution is 2.35. The van der Waals surface area contributed by atoms with Crippen LogP contribution in [0.25, 0.3) is 0 Å². The lowest BCUT2D eigenvalue weighted by Gasteiger charge is -2.44. The normalized spacial score (nSPS) is 39.7. The van der Waals surface area contributed by atoms with Crippen LogP contribution in [0.5, 0.6) is 0 Å². The van der Waals surface area contributed by atoms with E-state index in [2.05, 4.69) is 19.2 Å². The van der Waals surface area contributed by atoms with Crippen LogP contribution >= 0.6 is 0 Å². The Bertz CT molecular complexity index is 321. The SMILES string of the molecule is CCC1(CC)CC(NC2CCOC3(CCOC3)C2)CCO1. The molecule has 4 heteroatoms. The molecular formula is C17H31NO3. The largest absolute Gasteiger partial charge is 0.378 e. The highest BCUT2D eigenvalue weighted by molar-refractivity contribution is 4.95. The van der Waals surface area contributed by atoms with E-state index in [-0.39, 0.29) is 11.2 Å². The third-order valence-corrected chi connectivity index (χ3v) is 5.81. The summed E-state index contributed by atoms with van der Waals surface area (Å²) in [5.41, 5.74) is 0.114. The third kappa shape index (κ3) is 3.44. The Balaban J connectivity index is 1.56. The molecule has 1 spiro atoms. The zero-order valence-electron chi connectivity index (χ0n) is 13.7. The van der Waals surface area contributed by atoms with Crippen molar-refractivity contribution in [3.63, 3.8) is 0 Å². The number of nitrogens with one attached hydrogen (secondary N) is 1. The van der Waals surface area contributed by atoms with Crippen molar-refractivity contribution in [3.8, 4) is 0 Å². The van der Waals surface area contributed by atoms with E-state index >= 15 is 0 Å². The van der Waals surface area contributed by atoms with Gasteiger partial charge in [0.2, 0.25) is 0 Å². The van der Waals surface area contributed by atoms with E-state index in [9.17, 15) is 0 Å². The molecule has 3 heterocycles. The molecule has 3 aliphatic heterocycles. The highest BCUT2D eigenvalue weighted by atomic mass is 16.6. The van der Waals surface area contributed by atoms with Crippen LogP contribution in [0.4, 0.5) is 0 Å². The second-order valence-corrected chi connectivity index (χ2v) is 7.12. The van der Waals surface area contributed by atoms with Crippen LogP contribution in [0.2, 0.25) is 0 Å². The quantitative estimate of drug-likeness (QED) is 0.866. The zero-order valence-corrected chi connectivity index (χ0v) is 13.7. The van der Waals surface area contributed by atoms with Gasteiger partial charge in [0.05, 0.1) is 17.8 Å². The maximum atomic E-state index is 6.09. The fourth-order valence-electron chi connectivity index (χ4n) is 4.28. The summed E-state index contributed by atoms with van der Waals surface area (Å²) in [6.45, 7) is 7.93. The Labute approximate surface area is 128 Å². The first kappa shape index (κ1) is 15.7. The number of hydrogen-bond acceptors (Lipinski definition) is 4. The van der Waals surface area contributed by atoms with Gasteiger partial charge in [-0.1, -0.05) is 13.8 Å². The standard InChI is InChI=1S/C17H31NO3/c1-3-16(4-2)11-14(5-8-20-16)18-15-6-9-21-17(12-15)7-10-19-13-17/h14-15,18H,3-13H2,1-2H3. The smallest absolute Gasteiger partial charge is 0.0951 e. The van der Waals surface area contributed by atoms with Crippen LogP contribution in [0.3, 0.4) is 0 Å². The van der Waals surface area contributed by atoms with Gasteiger partial charge in [0.15, 0.2) is 0 Å². The summed E-state index contributed by atoms with van der Waals surface area (Å²) in [5.74, 6) is 0. The van der Waals surface area contributed by atoms with Gasteiger partial charge in [-0.2, -0.15) is 0 Å². The molecule has 3 saturated heterocycles. The molecule has 0 saturated carbocycles. The predicted octanol–water partition coefficient (Wildman–Crippen LogP) is 2.65. The summed E-state index contributed by atoms with van der Waals surface area (Å²) in [4.78, 5) is 0. The van der Waals surface area contributed by atoms with Crippen LogP contribution in [0.1, 0.15) is 58.8 Å². The summed E-state index contributed by atoms with van der Waals surface area (Å²) < 4.78 is 17.7. The molecule has 0 aromatic heterocycles. The molecule has 21 heavy (non-hydrogen) atoms. The van der Waals surface area contributed by atoms with Gasteiger partial charge in [-0.15, -0.1) is 0 Å². The minimum Gasteiger partial charge on any atom is -0.378 e. The van der Waals surface area contributed by atoms with Crippen molar-refractivity contribution in [1.29, 1.82) is 0 Å². The molecule has 0 radical (unpaired) electrons. The van der Waals surface area contributed by atoms with Gasteiger partial charge in [-0.25, -0.2) is 0 Å². The molecule has 1 N–H and O–H groups in total. The Morgan fingerprint density at radius 1 is 0.952 bits per heavy atom. The molecule has 4 nitrogen and oxygen atoms in total. The molecule has 122 valence electrons. The molecule has 0 aliphatic carbocycles. The van der Waals surface area contributed by atoms with Gasteiger partial charge < -0.3 is 19.5 Å². The molecule has 3 atom stereocenters. The minimum absolute atomic E-state index is 0.00762. The summed E-state index contributed by atoms with van der Waals surface area (Å²) in [6, 6.07) is 1.18. The first-order valence-corrected chi connectivity index (χ1v) is 8.81. The van der Waals surface area contributed by atoms with Gasteiger partial charge in [-0.05, 0) is 38.5 Å². The molecule has 0 aromatic rings. The summed E-state index contributed by atoms with van der Waals surface area (Å²) in [6.07, 6.45) is 7.83. The maximum Gasteiger partial charge on any atom is 0.0951 e. The van der Waals surface area contributed by atoms with Crippen molar-refractivity contribution in [2.45, 2.75) is 82.1 Å². The fourth-order valence-corrected chi connectivity index (χ4v) is 4.28. The van der Waals surface area contributed by atoms with Gasteiger partial charge in [-0.3, -0.25) is 0 Å². The molecule has 3 fully saturated rings. The molecule has 3 unspecified atom stereocenters. The van der Waals surface area contributed by atoms with Gasteiger partial charge in [0.25, 0.3) is 0 Å². The van der Waals surface area contributed by atoms with Crippen LogP contribution in [-0.2, 0) is 14.2 Å². The molecule has 0 bridgehead atoms. The van der Waals surface area contributed by atoms with Crippen molar-refractivity contribution in [2.24, 2.45) is 0 Å². The first-order valence-electron chi connectivity index (χ1n) is 8.81. The van der Waals surface area contributed by atoms with Crippen LogP contribution < -0.4 is 5.32 Å². The van der Waals surface area contributed by atoms with Gasteiger partial charge in [0, 0.05) is 38.3 Å². The Kier molecular flexibility index (Phi) is 4.89. The van der Waals surface area contributed by atoms with E-state index in [4.69, 9.17) is 14.2 Å². The minimum atomic E-state index is 0.00762. The summed E-state index contributed by atoms with van der Waals surface area (Å²) in [5, 5.41) is 3.92. The van der Waals surface area contributed by atoms with Crippen molar-refractivity contribution in [1.82, 2.24) is 5.32 Å². The fraction of sp³-hybridized carbons (Fsp3) is 1.00. The molecule has 0 amide bonds. The number of rotatable bonds is 4. The van der Waals surface area contributed by atoms with Gasteiger partial charge in [0.1, 0.15) is 0 Å². The van der Waals surface area contributed by atoms with Crippen LogP contribution in [0.15, 0.2) is 0 Å². The van der Waals surface area contributed by atoms with E-state index in [1.165, 1.54) is 0 Å². The average Bonchev–Trinajstić information content (AvgIpc) is 2.95.